The van der Waals surface area contributed by atoms with Crippen LogP contribution in [0.5, 0.6) is 0 Å². The number of rotatable bonds is 4. The van der Waals surface area contributed by atoms with Crippen molar-refractivity contribution in [3.05, 3.63) is 35.9 Å². The van der Waals surface area contributed by atoms with E-state index in [-0.39, 0.29) is 39.6 Å². The second kappa shape index (κ2) is 9.55. The van der Waals surface area contributed by atoms with Crippen LogP contribution in [0, 0.1) is 33.5 Å². The van der Waals surface area contributed by atoms with Crippen molar-refractivity contribution in [1.29, 1.82) is 0 Å². The summed E-state index contributed by atoms with van der Waals surface area (Å²) in [7, 11) is 0. The third kappa shape index (κ3) is 4.35. The van der Waals surface area contributed by atoms with Crippen molar-refractivity contribution < 1.29 is 14.3 Å². The lowest BCUT2D eigenvalue weighted by atomic mass is 9.40. The highest BCUT2D eigenvalue weighted by Crippen LogP contribution is 2.73. The van der Waals surface area contributed by atoms with Gasteiger partial charge in [-0.1, -0.05) is 38.5 Å². The Hall–Kier alpha value is -2.15. The molecule has 0 unspecified atom stereocenters. The van der Waals surface area contributed by atoms with Crippen molar-refractivity contribution in [2.45, 2.75) is 91.5 Å². The molecule has 1 amide bonds. The maximum Gasteiger partial charge on any atom is 0.312 e. The molecule has 0 radical (unpaired) electrons. The minimum Gasteiger partial charge on any atom is -0.466 e. The van der Waals surface area contributed by atoms with Gasteiger partial charge in [0.1, 0.15) is 0 Å². The maximum absolute atomic E-state index is 13.2. The Kier molecular flexibility index (Phi) is 6.83. The normalized spacial score (nSPS) is 40.1. The van der Waals surface area contributed by atoms with Crippen LogP contribution in [0.25, 0.3) is 0 Å². The van der Waals surface area contributed by atoms with Gasteiger partial charge in [-0.2, -0.15) is 0 Å². The molecule has 0 heterocycles. The average molecular weight is 526 g/mol. The zero-order valence-corrected chi connectivity index (χ0v) is 23.6. The first-order valence-electron chi connectivity index (χ1n) is 14.2. The van der Waals surface area contributed by atoms with Crippen LogP contribution in [0.4, 0.5) is 0 Å². The predicted octanol–water partition coefficient (Wildman–Crippen LogP) is 5.53. The number of carbonyl (C=O) groups is 2. The molecule has 4 aliphatic carbocycles. The molecular weight excluding hydrogens is 482 g/mol. The summed E-state index contributed by atoms with van der Waals surface area (Å²) in [6.45, 7) is 9.47. The summed E-state index contributed by atoms with van der Waals surface area (Å²) in [5, 5.41) is 4.07. The molecule has 1 aromatic carbocycles. The molecule has 4 aliphatic rings. The SMILES string of the molecule is CCOC(=O)[C@]1(C)CCC[C@@]2(C)[C@@H]3CC[C@@]4(C)C[C@]3(CC[C@@H]21)C[C@H]4NC(=S)NNC(=O)c1ccccc1. The molecule has 2 bridgehead atoms. The Morgan fingerprint density at radius 3 is 2.46 bits per heavy atom. The molecule has 6 nitrogen and oxygen atoms in total. The van der Waals surface area contributed by atoms with Gasteiger partial charge in [0.25, 0.3) is 5.91 Å². The van der Waals surface area contributed by atoms with Crippen molar-refractivity contribution in [3.8, 4) is 0 Å². The molecule has 0 saturated heterocycles. The van der Waals surface area contributed by atoms with Crippen molar-refractivity contribution >= 4 is 29.2 Å². The number of ether oxygens (including phenoxy) is 1. The van der Waals surface area contributed by atoms with Gasteiger partial charge in [0.15, 0.2) is 5.11 Å². The second-order valence-electron chi connectivity index (χ2n) is 13.0. The van der Waals surface area contributed by atoms with Gasteiger partial charge in [0, 0.05) is 11.6 Å². The predicted molar refractivity (Wildman–Crippen MR) is 148 cm³/mol. The van der Waals surface area contributed by atoms with E-state index >= 15 is 0 Å². The fourth-order valence-corrected chi connectivity index (χ4v) is 9.69. The Labute approximate surface area is 227 Å². The summed E-state index contributed by atoms with van der Waals surface area (Å²) in [5.74, 6) is 0.818. The van der Waals surface area contributed by atoms with Gasteiger partial charge in [-0.25, -0.2) is 0 Å². The number of esters is 1. The van der Waals surface area contributed by atoms with Crippen LogP contribution in [-0.2, 0) is 9.53 Å². The molecule has 4 fully saturated rings. The van der Waals surface area contributed by atoms with Crippen LogP contribution >= 0.6 is 12.2 Å². The van der Waals surface area contributed by atoms with E-state index in [1.807, 2.05) is 25.1 Å². The number of nitrogens with one attached hydrogen (secondary N) is 3. The lowest BCUT2D eigenvalue weighted by Gasteiger charge is -2.64. The molecule has 7 heteroatoms. The minimum atomic E-state index is -0.371. The maximum atomic E-state index is 13.2. The highest BCUT2D eigenvalue weighted by Gasteiger charge is 2.68. The number of hydrazine groups is 1. The molecule has 3 N–H and O–H groups in total. The lowest BCUT2D eigenvalue weighted by Crippen LogP contribution is -2.58. The molecule has 0 aromatic heterocycles. The first-order valence-corrected chi connectivity index (χ1v) is 14.6. The van der Waals surface area contributed by atoms with Crippen molar-refractivity contribution in [2.75, 3.05) is 6.61 Å². The number of amides is 1. The van der Waals surface area contributed by atoms with Crippen molar-refractivity contribution in [1.82, 2.24) is 16.2 Å². The smallest absolute Gasteiger partial charge is 0.312 e. The van der Waals surface area contributed by atoms with E-state index in [4.69, 9.17) is 17.0 Å². The van der Waals surface area contributed by atoms with Crippen molar-refractivity contribution in [3.63, 3.8) is 0 Å². The largest absolute Gasteiger partial charge is 0.466 e. The lowest BCUT2D eigenvalue weighted by molar-refractivity contribution is -0.187. The molecule has 0 aliphatic heterocycles. The van der Waals surface area contributed by atoms with Gasteiger partial charge >= 0.3 is 5.97 Å². The van der Waals surface area contributed by atoms with E-state index in [0.29, 0.717) is 29.1 Å². The first kappa shape index (κ1) is 26.5. The number of fused-ring (bicyclic) bond motifs is 3. The van der Waals surface area contributed by atoms with Crippen molar-refractivity contribution in [2.24, 2.45) is 33.5 Å². The van der Waals surface area contributed by atoms with E-state index in [1.54, 1.807) is 12.1 Å². The van der Waals surface area contributed by atoms with Gasteiger partial charge in [0.05, 0.1) is 12.0 Å². The fourth-order valence-electron chi connectivity index (χ4n) is 9.50. The van der Waals surface area contributed by atoms with Crippen LogP contribution in [-0.4, -0.2) is 29.6 Å². The summed E-state index contributed by atoms with van der Waals surface area (Å²) in [6.07, 6.45) is 10.2. The van der Waals surface area contributed by atoms with Crippen LogP contribution in [0.3, 0.4) is 0 Å². The van der Waals surface area contributed by atoms with E-state index < -0.39 is 0 Å². The number of hydrogen-bond donors (Lipinski definition) is 3. The second-order valence-corrected chi connectivity index (χ2v) is 13.5. The van der Waals surface area contributed by atoms with E-state index in [2.05, 4.69) is 36.9 Å². The summed E-state index contributed by atoms with van der Waals surface area (Å²) in [5.41, 5.74) is 6.51. The topological polar surface area (TPSA) is 79.5 Å². The average Bonchev–Trinajstić information content (AvgIpc) is 3.07. The minimum absolute atomic E-state index is 0.0162. The number of thiocarbonyl (C=S) groups is 1. The van der Waals surface area contributed by atoms with Gasteiger partial charge in [0.2, 0.25) is 0 Å². The highest BCUT2D eigenvalue weighted by molar-refractivity contribution is 7.80. The number of hydrogen-bond acceptors (Lipinski definition) is 4. The van der Waals surface area contributed by atoms with Crippen LogP contribution < -0.4 is 16.2 Å². The molecular formula is C30H43N3O3S. The third-order valence-electron chi connectivity index (χ3n) is 11.0. The zero-order valence-electron chi connectivity index (χ0n) is 22.8. The third-order valence-corrected chi connectivity index (χ3v) is 11.2. The Bertz CT molecular complexity index is 1070. The number of benzene rings is 1. The van der Waals surface area contributed by atoms with Crippen LogP contribution in [0.15, 0.2) is 30.3 Å². The Balaban J connectivity index is 1.29. The van der Waals surface area contributed by atoms with Crippen LogP contribution in [0.2, 0.25) is 0 Å². The molecule has 7 atom stereocenters. The molecule has 4 saturated carbocycles. The summed E-state index contributed by atoms with van der Waals surface area (Å²) in [4.78, 5) is 25.6. The van der Waals surface area contributed by atoms with Gasteiger partial charge < -0.3 is 10.1 Å². The summed E-state index contributed by atoms with van der Waals surface area (Å²) in [6, 6.07) is 9.41. The summed E-state index contributed by atoms with van der Waals surface area (Å²) >= 11 is 5.62. The molecule has 1 spiro atoms. The standard InChI is InChI=1S/C30H43N3O3S/c1-5-36-25(35)29(4)15-9-14-28(3)21(29)13-17-30-18-23(27(2,19-30)16-12-22(28)30)31-26(37)33-32-24(34)20-10-7-6-8-11-20/h6-8,10-11,21-23H,5,9,12-19H2,1-4H3,(H,32,34)(H2,31,33,37)/t21-,22-,23+,27-,28+,29+,30-/m0/s1. The van der Waals surface area contributed by atoms with Gasteiger partial charge in [-0.05, 0) is 118 Å². The quantitative estimate of drug-likeness (QED) is 0.273. The molecule has 202 valence electrons. The molecule has 37 heavy (non-hydrogen) atoms. The van der Waals surface area contributed by atoms with Gasteiger partial charge in [-0.3, -0.25) is 20.4 Å². The number of carbonyl (C=O) groups excluding carboxylic acids is 2. The Morgan fingerprint density at radius 1 is 1.00 bits per heavy atom. The van der Waals surface area contributed by atoms with Crippen LogP contribution in [0.1, 0.15) is 95.8 Å². The van der Waals surface area contributed by atoms with Gasteiger partial charge in [-0.15, -0.1) is 0 Å². The van der Waals surface area contributed by atoms with E-state index in [0.717, 1.165) is 32.1 Å². The first-order chi connectivity index (χ1) is 17.6. The zero-order chi connectivity index (χ0) is 26.5. The molecule has 5 rings (SSSR count). The monoisotopic (exact) mass is 525 g/mol. The Morgan fingerprint density at radius 2 is 1.73 bits per heavy atom. The summed E-state index contributed by atoms with van der Waals surface area (Å²) < 4.78 is 5.62. The fraction of sp³-hybridized carbons (Fsp3) is 0.700. The molecule has 1 aromatic rings. The van der Waals surface area contributed by atoms with E-state index in [1.165, 1.54) is 25.7 Å². The highest BCUT2D eigenvalue weighted by atomic mass is 32.1. The van der Waals surface area contributed by atoms with E-state index in [9.17, 15) is 9.59 Å².